The zero-order valence-electron chi connectivity index (χ0n) is 8.76. The maximum atomic E-state index is 5.27. The first-order valence-electron chi connectivity index (χ1n) is 4.91. The van der Waals surface area contributed by atoms with Crippen molar-refractivity contribution in [3.63, 3.8) is 0 Å². The van der Waals surface area contributed by atoms with Gasteiger partial charge in [0.25, 0.3) is 0 Å². The van der Waals surface area contributed by atoms with Crippen molar-refractivity contribution in [2.75, 3.05) is 7.11 Å². The monoisotopic (exact) mass is 194 g/mol. The molecule has 0 saturated heterocycles. The Morgan fingerprint density at radius 3 is 2.57 bits per heavy atom. The Kier molecular flexibility index (Phi) is 6.02. The number of hydrogen-bond donors (Lipinski definition) is 0. The highest BCUT2D eigenvalue weighted by Crippen LogP contribution is 2.19. The summed E-state index contributed by atoms with van der Waals surface area (Å²) in [5.41, 5.74) is 2.59. The topological polar surface area (TPSA) is 9.23 Å². The van der Waals surface area contributed by atoms with Gasteiger partial charge in [-0.25, -0.2) is 0 Å². The van der Waals surface area contributed by atoms with Crippen LogP contribution in [0.15, 0.2) is 18.2 Å². The molecule has 0 unspecified atom stereocenters. The van der Waals surface area contributed by atoms with Crippen molar-refractivity contribution in [3.8, 4) is 5.75 Å². The van der Waals surface area contributed by atoms with Gasteiger partial charge in [-0.3, -0.25) is 0 Å². The summed E-state index contributed by atoms with van der Waals surface area (Å²) in [6.45, 7) is 4.29. The molecule has 0 saturated carbocycles. The number of methoxy groups -OCH3 is 1. The van der Waals surface area contributed by atoms with Crippen LogP contribution >= 0.6 is 0 Å². The zero-order valence-corrected chi connectivity index (χ0v) is 8.76. The summed E-state index contributed by atoms with van der Waals surface area (Å²) in [7, 11) is 1.73. The van der Waals surface area contributed by atoms with Crippen LogP contribution in [0.25, 0.3) is 0 Å². The van der Waals surface area contributed by atoms with Gasteiger partial charge in [0.1, 0.15) is 5.75 Å². The maximum absolute atomic E-state index is 5.27. The summed E-state index contributed by atoms with van der Waals surface area (Å²) in [5.74, 6) is 1.01. The van der Waals surface area contributed by atoms with Crippen LogP contribution in [0.5, 0.6) is 5.75 Å². The van der Waals surface area contributed by atoms with Gasteiger partial charge in [-0.2, -0.15) is 0 Å². The molecule has 0 N–H and O–H groups in total. The second-order valence-electron chi connectivity index (χ2n) is 3.41. The number of unbranched alkanes of at least 4 members (excludes halogenated alkanes) is 1. The van der Waals surface area contributed by atoms with Crippen molar-refractivity contribution >= 4 is 0 Å². The molecule has 80 valence electrons. The van der Waals surface area contributed by atoms with Gasteiger partial charge in [0.15, 0.2) is 0 Å². The van der Waals surface area contributed by atoms with Gasteiger partial charge in [0.05, 0.1) is 7.11 Å². The van der Waals surface area contributed by atoms with Gasteiger partial charge < -0.3 is 4.74 Å². The third-order valence-corrected chi connectivity index (χ3v) is 2.29. The minimum Gasteiger partial charge on any atom is -0.496 e. The van der Waals surface area contributed by atoms with Gasteiger partial charge in [-0.05, 0) is 37.0 Å². The Balaban J connectivity index is 0.00000169. The van der Waals surface area contributed by atoms with Crippen LogP contribution < -0.4 is 4.74 Å². The first kappa shape index (κ1) is 13.0. The van der Waals surface area contributed by atoms with Gasteiger partial charge in [-0.1, -0.05) is 32.9 Å². The van der Waals surface area contributed by atoms with E-state index in [0.717, 1.165) is 12.2 Å². The molecule has 0 aromatic heterocycles. The highest BCUT2D eigenvalue weighted by molar-refractivity contribution is 5.36. The summed E-state index contributed by atoms with van der Waals surface area (Å²) in [5, 5.41) is 0. The molecule has 0 radical (unpaired) electrons. The molecule has 0 atom stereocenters. The zero-order chi connectivity index (χ0) is 9.68. The normalized spacial score (nSPS) is 9.36. The van der Waals surface area contributed by atoms with Crippen LogP contribution in [0, 0.1) is 6.92 Å². The van der Waals surface area contributed by atoms with E-state index in [1.807, 2.05) is 0 Å². The third-order valence-electron chi connectivity index (χ3n) is 2.29. The Labute approximate surface area is 88.1 Å². The molecule has 0 aliphatic carbocycles. The average Bonchev–Trinajstić information content (AvgIpc) is 2.16. The molecule has 0 bridgehead atoms. The molecule has 0 spiro atoms. The van der Waals surface area contributed by atoms with Crippen LogP contribution in [-0.4, -0.2) is 7.11 Å². The summed E-state index contributed by atoms with van der Waals surface area (Å²) in [6, 6.07) is 6.46. The fourth-order valence-corrected chi connectivity index (χ4v) is 1.40. The molecule has 0 aliphatic rings. The lowest BCUT2D eigenvalue weighted by atomic mass is 10.1. The van der Waals surface area contributed by atoms with Gasteiger partial charge in [0, 0.05) is 0 Å². The van der Waals surface area contributed by atoms with Crippen molar-refractivity contribution in [3.05, 3.63) is 29.3 Å². The van der Waals surface area contributed by atoms with E-state index in [1.54, 1.807) is 7.11 Å². The van der Waals surface area contributed by atoms with Crippen molar-refractivity contribution in [2.45, 2.75) is 40.5 Å². The standard InChI is InChI=1S/C12H18O.CH4/c1-4-5-6-11-8-7-10(2)12(9-11)13-3;/h7-9H,4-6H2,1-3H3;1H4. The van der Waals surface area contributed by atoms with Crippen molar-refractivity contribution in [2.24, 2.45) is 0 Å². The molecule has 1 aromatic rings. The van der Waals surface area contributed by atoms with E-state index < -0.39 is 0 Å². The van der Waals surface area contributed by atoms with Crippen molar-refractivity contribution in [1.82, 2.24) is 0 Å². The highest BCUT2D eigenvalue weighted by Gasteiger charge is 1.99. The van der Waals surface area contributed by atoms with Gasteiger partial charge in [0.2, 0.25) is 0 Å². The number of ether oxygens (including phenoxy) is 1. The third kappa shape index (κ3) is 3.41. The van der Waals surface area contributed by atoms with Crippen molar-refractivity contribution < 1.29 is 4.74 Å². The van der Waals surface area contributed by atoms with Gasteiger partial charge >= 0.3 is 0 Å². The van der Waals surface area contributed by atoms with Crippen LogP contribution in [0.3, 0.4) is 0 Å². The molecule has 1 aromatic carbocycles. The summed E-state index contributed by atoms with van der Waals surface area (Å²) < 4.78 is 5.27. The van der Waals surface area contributed by atoms with Crippen LogP contribution in [0.2, 0.25) is 0 Å². The second kappa shape index (κ2) is 6.47. The lowest BCUT2D eigenvalue weighted by molar-refractivity contribution is 0.411. The highest BCUT2D eigenvalue weighted by atomic mass is 16.5. The van der Waals surface area contributed by atoms with E-state index in [1.165, 1.54) is 24.0 Å². The smallest absolute Gasteiger partial charge is 0.122 e. The first-order chi connectivity index (χ1) is 6.27. The molecule has 0 fully saturated rings. The number of benzene rings is 1. The summed E-state index contributed by atoms with van der Waals surface area (Å²) in [4.78, 5) is 0. The Morgan fingerprint density at radius 1 is 1.29 bits per heavy atom. The summed E-state index contributed by atoms with van der Waals surface area (Å²) >= 11 is 0. The fourth-order valence-electron chi connectivity index (χ4n) is 1.40. The molecule has 1 nitrogen and oxygen atoms in total. The molecule has 1 rings (SSSR count). The lowest BCUT2D eigenvalue weighted by Gasteiger charge is -2.06. The number of aryl methyl sites for hydroxylation is 2. The second-order valence-corrected chi connectivity index (χ2v) is 3.41. The molecule has 14 heavy (non-hydrogen) atoms. The number of hydrogen-bond acceptors (Lipinski definition) is 1. The van der Waals surface area contributed by atoms with E-state index >= 15 is 0 Å². The first-order valence-corrected chi connectivity index (χ1v) is 4.91. The molecule has 1 heteroatoms. The lowest BCUT2D eigenvalue weighted by Crippen LogP contribution is -1.90. The quantitative estimate of drug-likeness (QED) is 0.704. The van der Waals surface area contributed by atoms with E-state index in [-0.39, 0.29) is 7.43 Å². The Morgan fingerprint density at radius 2 is 2.00 bits per heavy atom. The van der Waals surface area contributed by atoms with E-state index in [4.69, 9.17) is 4.74 Å². The Hall–Kier alpha value is -0.980. The maximum Gasteiger partial charge on any atom is 0.122 e. The predicted octanol–water partition coefficient (Wildman–Crippen LogP) is 3.98. The van der Waals surface area contributed by atoms with E-state index in [2.05, 4.69) is 32.0 Å². The van der Waals surface area contributed by atoms with E-state index in [0.29, 0.717) is 0 Å². The number of rotatable bonds is 4. The average molecular weight is 194 g/mol. The Bertz CT molecular complexity index is 266. The molecular weight excluding hydrogens is 172 g/mol. The van der Waals surface area contributed by atoms with Crippen LogP contribution in [0.4, 0.5) is 0 Å². The SMILES string of the molecule is C.CCCCc1ccc(C)c(OC)c1. The van der Waals surface area contributed by atoms with Crippen molar-refractivity contribution in [1.29, 1.82) is 0 Å². The van der Waals surface area contributed by atoms with E-state index in [9.17, 15) is 0 Å². The largest absolute Gasteiger partial charge is 0.496 e. The minimum absolute atomic E-state index is 0. The molecule has 0 heterocycles. The van der Waals surface area contributed by atoms with Crippen LogP contribution in [0.1, 0.15) is 38.3 Å². The minimum atomic E-state index is 0. The molecule has 0 amide bonds. The van der Waals surface area contributed by atoms with Crippen LogP contribution in [-0.2, 0) is 6.42 Å². The van der Waals surface area contributed by atoms with Gasteiger partial charge in [-0.15, -0.1) is 0 Å². The fraction of sp³-hybridized carbons (Fsp3) is 0.538. The predicted molar refractivity (Wildman–Crippen MR) is 63.1 cm³/mol. The molecular formula is C13H22O. The summed E-state index contributed by atoms with van der Waals surface area (Å²) in [6.07, 6.45) is 3.66. The molecule has 0 aliphatic heterocycles.